The van der Waals surface area contributed by atoms with Crippen LogP contribution in [-0.2, 0) is 16.6 Å². The van der Waals surface area contributed by atoms with Crippen molar-refractivity contribution in [3.63, 3.8) is 0 Å². The number of halogens is 1. The molecule has 0 aliphatic carbocycles. The maximum Gasteiger partial charge on any atom is 0.279 e. The predicted octanol–water partition coefficient (Wildman–Crippen LogP) is 2.34. The van der Waals surface area contributed by atoms with E-state index in [4.69, 9.17) is 16.7 Å². The van der Waals surface area contributed by atoms with E-state index in [0.29, 0.717) is 16.3 Å². The van der Waals surface area contributed by atoms with Gasteiger partial charge in [0.05, 0.1) is 12.3 Å². The Morgan fingerprint density at radius 3 is 2.65 bits per heavy atom. The van der Waals surface area contributed by atoms with Crippen molar-refractivity contribution in [2.24, 2.45) is 0 Å². The number of hydrogen-bond donors (Lipinski definition) is 2. The first-order valence-corrected chi connectivity index (χ1v) is 7.63. The molecule has 0 saturated heterocycles. The molecule has 0 saturated carbocycles. The molecule has 2 N–H and O–H groups in total. The molecule has 1 aromatic carbocycles. The molecule has 1 heterocycles. The molecule has 7 heteroatoms. The van der Waals surface area contributed by atoms with Crippen molar-refractivity contribution in [3.8, 4) is 0 Å². The summed E-state index contributed by atoms with van der Waals surface area (Å²) >= 11 is 5.85. The van der Waals surface area contributed by atoms with Gasteiger partial charge in [-0.05, 0) is 36.2 Å². The Kier molecular flexibility index (Phi) is 4.27. The Morgan fingerprint density at radius 2 is 2.05 bits per heavy atom. The number of hydrogen-bond acceptors (Lipinski definition) is 4. The highest BCUT2D eigenvalue weighted by molar-refractivity contribution is 7.92. The van der Waals surface area contributed by atoms with Crippen LogP contribution in [0.25, 0.3) is 0 Å². The minimum atomic E-state index is -3.78. The van der Waals surface area contributed by atoms with Gasteiger partial charge in [0.2, 0.25) is 0 Å². The first-order valence-electron chi connectivity index (χ1n) is 5.77. The zero-order valence-corrected chi connectivity index (χ0v) is 12.2. The molecule has 0 amide bonds. The van der Waals surface area contributed by atoms with Gasteiger partial charge in [-0.15, -0.1) is 0 Å². The van der Waals surface area contributed by atoms with Crippen LogP contribution < -0.4 is 4.72 Å². The summed E-state index contributed by atoms with van der Waals surface area (Å²) in [6, 6.07) is 7.79. The van der Waals surface area contributed by atoms with Gasteiger partial charge in [0.25, 0.3) is 10.0 Å². The third-order valence-electron chi connectivity index (χ3n) is 2.70. The number of nitrogens with one attached hydrogen (secondary N) is 1. The summed E-state index contributed by atoms with van der Waals surface area (Å²) in [7, 11) is -3.78. The minimum Gasteiger partial charge on any atom is -0.392 e. The van der Waals surface area contributed by atoms with Crippen LogP contribution in [0.4, 0.5) is 5.69 Å². The molecule has 5 nitrogen and oxygen atoms in total. The van der Waals surface area contributed by atoms with Gasteiger partial charge in [-0.2, -0.15) is 8.42 Å². The Hall–Kier alpha value is -1.63. The fourth-order valence-electron chi connectivity index (χ4n) is 1.56. The molecule has 0 fully saturated rings. The maximum atomic E-state index is 12.2. The second kappa shape index (κ2) is 5.78. The molecule has 0 atom stereocenters. The lowest BCUT2D eigenvalue weighted by Gasteiger charge is -2.10. The van der Waals surface area contributed by atoms with Gasteiger partial charge in [-0.1, -0.05) is 23.7 Å². The van der Waals surface area contributed by atoms with E-state index in [0.717, 1.165) is 5.56 Å². The summed E-state index contributed by atoms with van der Waals surface area (Å²) < 4.78 is 26.8. The number of aryl methyl sites for hydroxylation is 1. The van der Waals surface area contributed by atoms with E-state index < -0.39 is 10.0 Å². The molecule has 1 aromatic heterocycles. The molecule has 2 aromatic rings. The van der Waals surface area contributed by atoms with E-state index in [1.807, 2.05) is 0 Å². The number of aliphatic hydroxyl groups is 1. The van der Waals surface area contributed by atoms with Crippen molar-refractivity contribution < 1.29 is 13.5 Å². The molecule has 20 heavy (non-hydrogen) atoms. The summed E-state index contributed by atoms with van der Waals surface area (Å²) in [6.45, 7) is 1.59. The third-order valence-corrected chi connectivity index (χ3v) is 4.22. The van der Waals surface area contributed by atoms with Gasteiger partial charge in [0, 0.05) is 11.2 Å². The summed E-state index contributed by atoms with van der Waals surface area (Å²) in [5, 5.41) is 9.24. The smallest absolute Gasteiger partial charge is 0.279 e. The largest absolute Gasteiger partial charge is 0.392 e. The summed E-state index contributed by atoms with van der Waals surface area (Å²) in [6.07, 6.45) is 1.32. The molecule has 0 bridgehead atoms. The molecular weight excluding hydrogens is 300 g/mol. The fraction of sp³-hybridized carbons (Fsp3) is 0.154. The van der Waals surface area contributed by atoms with Crippen LogP contribution in [0, 0.1) is 6.92 Å². The van der Waals surface area contributed by atoms with Gasteiger partial charge in [-0.3, -0.25) is 4.72 Å². The van der Waals surface area contributed by atoms with Crippen molar-refractivity contribution in [1.29, 1.82) is 0 Å². The van der Waals surface area contributed by atoms with Crippen LogP contribution >= 0.6 is 11.6 Å². The Labute approximate surface area is 122 Å². The molecule has 0 unspecified atom stereocenters. The van der Waals surface area contributed by atoms with Crippen molar-refractivity contribution in [2.75, 3.05) is 4.72 Å². The van der Waals surface area contributed by atoms with Crippen LogP contribution in [0.5, 0.6) is 0 Å². The van der Waals surface area contributed by atoms with Gasteiger partial charge in [0.1, 0.15) is 0 Å². The second-order valence-corrected chi connectivity index (χ2v) is 6.29. The van der Waals surface area contributed by atoms with E-state index in [1.165, 1.54) is 24.4 Å². The third kappa shape index (κ3) is 3.27. The van der Waals surface area contributed by atoms with Crippen LogP contribution in [0.3, 0.4) is 0 Å². The van der Waals surface area contributed by atoms with Crippen molar-refractivity contribution in [3.05, 3.63) is 52.7 Å². The van der Waals surface area contributed by atoms with Gasteiger partial charge < -0.3 is 5.11 Å². The first-order chi connectivity index (χ1) is 9.42. The first kappa shape index (κ1) is 14.8. The highest BCUT2D eigenvalue weighted by Crippen LogP contribution is 2.22. The standard InChI is InChI=1S/C13H13ClN2O3S/c1-9-2-4-11(14)6-12(9)16-20(18,19)13-5-3-10(8-17)7-15-13/h2-7,16-17H,8H2,1H3. The zero-order valence-electron chi connectivity index (χ0n) is 10.7. The van der Waals surface area contributed by atoms with Gasteiger partial charge >= 0.3 is 0 Å². The van der Waals surface area contributed by atoms with Crippen LogP contribution in [-0.4, -0.2) is 18.5 Å². The maximum absolute atomic E-state index is 12.2. The average molecular weight is 313 g/mol. The Balaban J connectivity index is 2.32. The molecule has 0 spiro atoms. The Morgan fingerprint density at radius 1 is 1.30 bits per heavy atom. The number of aliphatic hydroxyl groups excluding tert-OH is 1. The van der Waals surface area contributed by atoms with E-state index in [2.05, 4.69) is 9.71 Å². The second-order valence-electron chi connectivity index (χ2n) is 4.23. The van der Waals surface area contributed by atoms with E-state index >= 15 is 0 Å². The lowest BCUT2D eigenvalue weighted by atomic mass is 10.2. The molecule has 0 aliphatic heterocycles. The quantitative estimate of drug-likeness (QED) is 0.908. The van der Waals surface area contributed by atoms with Crippen LogP contribution in [0.2, 0.25) is 5.02 Å². The van der Waals surface area contributed by atoms with E-state index in [1.54, 1.807) is 19.1 Å². The summed E-state index contributed by atoms with van der Waals surface area (Å²) in [4.78, 5) is 3.83. The monoisotopic (exact) mass is 312 g/mol. The Bertz CT molecular complexity index is 715. The normalized spacial score (nSPS) is 11.3. The van der Waals surface area contributed by atoms with E-state index in [9.17, 15) is 8.42 Å². The topological polar surface area (TPSA) is 79.3 Å². The zero-order chi connectivity index (χ0) is 14.8. The molecule has 2 rings (SSSR count). The van der Waals surface area contributed by atoms with E-state index in [-0.39, 0.29) is 11.6 Å². The van der Waals surface area contributed by atoms with Gasteiger partial charge in [0.15, 0.2) is 5.03 Å². The average Bonchev–Trinajstić information content (AvgIpc) is 2.43. The number of nitrogens with zero attached hydrogens (tertiary/aromatic N) is 1. The number of sulfonamides is 1. The van der Waals surface area contributed by atoms with Gasteiger partial charge in [-0.25, -0.2) is 4.98 Å². The predicted molar refractivity (Wildman–Crippen MR) is 77.2 cm³/mol. The molecule has 0 radical (unpaired) electrons. The number of rotatable bonds is 4. The highest BCUT2D eigenvalue weighted by Gasteiger charge is 2.16. The SMILES string of the molecule is Cc1ccc(Cl)cc1NS(=O)(=O)c1ccc(CO)cn1. The summed E-state index contributed by atoms with van der Waals surface area (Å²) in [5.41, 5.74) is 1.71. The lowest BCUT2D eigenvalue weighted by Crippen LogP contribution is -2.15. The molecular formula is C13H13ClN2O3S. The minimum absolute atomic E-state index is 0.117. The van der Waals surface area contributed by atoms with Crippen molar-refractivity contribution in [2.45, 2.75) is 18.6 Å². The number of pyridine rings is 1. The van der Waals surface area contributed by atoms with Crippen LogP contribution in [0.15, 0.2) is 41.6 Å². The number of benzene rings is 1. The summed E-state index contributed by atoms with van der Waals surface area (Å²) in [5.74, 6) is 0. The highest BCUT2D eigenvalue weighted by atomic mass is 35.5. The molecule has 106 valence electrons. The number of aromatic nitrogens is 1. The number of anilines is 1. The lowest BCUT2D eigenvalue weighted by molar-refractivity contribution is 0.281. The van der Waals surface area contributed by atoms with Crippen molar-refractivity contribution in [1.82, 2.24) is 4.98 Å². The molecule has 0 aliphatic rings. The van der Waals surface area contributed by atoms with Crippen molar-refractivity contribution >= 4 is 27.3 Å². The fourth-order valence-corrected chi connectivity index (χ4v) is 2.79. The van der Waals surface area contributed by atoms with Crippen LogP contribution in [0.1, 0.15) is 11.1 Å².